The molecule has 0 saturated heterocycles. The van der Waals surface area contributed by atoms with Crippen LogP contribution in [0.4, 0.5) is 5.69 Å². The smallest absolute Gasteiger partial charge is 0.0951 e. The molecule has 0 unspecified atom stereocenters. The third-order valence-corrected chi connectivity index (χ3v) is 4.19. The SMILES string of the molecule is Clc1cc(Br)cc(Cl)c1NCc1cncn1C1CC1. The molecule has 6 heteroatoms. The van der Waals surface area contributed by atoms with Gasteiger partial charge < -0.3 is 9.88 Å². The summed E-state index contributed by atoms with van der Waals surface area (Å²) in [5.74, 6) is 0. The average molecular weight is 361 g/mol. The summed E-state index contributed by atoms with van der Waals surface area (Å²) < 4.78 is 3.09. The number of halogens is 3. The van der Waals surface area contributed by atoms with E-state index in [9.17, 15) is 0 Å². The van der Waals surface area contributed by atoms with Crippen LogP contribution in [0.25, 0.3) is 0 Å². The van der Waals surface area contributed by atoms with Crippen molar-refractivity contribution in [1.82, 2.24) is 9.55 Å². The highest BCUT2D eigenvalue weighted by Gasteiger charge is 2.25. The van der Waals surface area contributed by atoms with Crippen molar-refractivity contribution in [2.45, 2.75) is 25.4 Å². The van der Waals surface area contributed by atoms with E-state index in [2.05, 4.69) is 30.8 Å². The molecule has 0 aliphatic heterocycles. The maximum Gasteiger partial charge on any atom is 0.0951 e. The number of hydrogen-bond acceptors (Lipinski definition) is 2. The van der Waals surface area contributed by atoms with Crippen LogP contribution in [-0.4, -0.2) is 9.55 Å². The van der Waals surface area contributed by atoms with Gasteiger partial charge in [0.25, 0.3) is 0 Å². The Kier molecular flexibility index (Phi) is 3.74. The Morgan fingerprint density at radius 3 is 2.63 bits per heavy atom. The molecule has 1 saturated carbocycles. The average Bonchev–Trinajstić information content (AvgIpc) is 3.08. The van der Waals surface area contributed by atoms with Gasteiger partial charge in [-0.3, -0.25) is 0 Å². The normalized spacial score (nSPS) is 14.7. The van der Waals surface area contributed by atoms with E-state index in [1.807, 2.05) is 24.7 Å². The highest BCUT2D eigenvalue weighted by molar-refractivity contribution is 9.10. The van der Waals surface area contributed by atoms with Crippen LogP contribution < -0.4 is 5.32 Å². The minimum atomic E-state index is 0.608. The van der Waals surface area contributed by atoms with E-state index in [0.717, 1.165) is 15.9 Å². The number of anilines is 1. The predicted octanol–water partition coefficient (Wildman–Crippen LogP) is 4.90. The second-order valence-corrected chi connectivity index (χ2v) is 6.35. The first-order chi connectivity index (χ1) is 9.15. The minimum absolute atomic E-state index is 0.608. The van der Waals surface area contributed by atoms with Crippen LogP contribution in [0.5, 0.6) is 0 Å². The van der Waals surface area contributed by atoms with E-state index in [1.54, 1.807) is 0 Å². The molecule has 1 N–H and O–H groups in total. The maximum atomic E-state index is 6.19. The Hall–Kier alpha value is -0.710. The van der Waals surface area contributed by atoms with Gasteiger partial charge >= 0.3 is 0 Å². The summed E-state index contributed by atoms with van der Waals surface area (Å²) >= 11 is 15.7. The Labute approximate surface area is 130 Å². The van der Waals surface area contributed by atoms with E-state index in [-0.39, 0.29) is 0 Å². The van der Waals surface area contributed by atoms with Gasteiger partial charge in [0, 0.05) is 16.7 Å². The summed E-state index contributed by atoms with van der Waals surface area (Å²) in [6.45, 7) is 0.664. The summed E-state index contributed by atoms with van der Waals surface area (Å²) in [7, 11) is 0. The number of aromatic nitrogens is 2. The van der Waals surface area contributed by atoms with Crippen molar-refractivity contribution < 1.29 is 0 Å². The number of rotatable bonds is 4. The lowest BCUT2D eigenvalue weighted by Gasteiger charge is -2.12. The lowest BCUT2D eigenvalue weighted by molar-refractivity contribution is 0.701. The van der Waals surface area contributed by atoms with Crippen LogP contribution in [0.15, 0.2) is 29.1 Å². The molecule has 0 radical (unpaired) electrons. The van der Waals surface area contributed by atoms with Crippen LogP contribution >= 0.6 is 39.1 Å². The van der Waals surface area contributed by atoms with E-state index in [1.165, 1.54) is 12.8 Å². The van der Waals surface area contributed by atoms with Crippen LogP contribution in [-0.2, 0) is 6.54 Å². The van der Waals surface area contributed by atoms with E-state index < -0.39 is 0 Å². The van der Waals surface area contributed by atoms with Crippen molar-refractivity contribution in [3.05, 3.63) is 44.9 Å². The zero-order valence-corrected chi connectivity index (χ0v) is 13.1. The van der Waals surface area contributed by atoms with Gasteiger partial charge in [-0.25, -0.2) is 4.98 Å². The third-order valence-electron chi connectivity index (χ3n) is 3.14. The molecule has 1 aromatic carbocycles. The van der Waals surface area contributed by atoms with Gasteiger partial charge in [-0.05, 0) is 25.0 Å². The first-order valence-electron chi connectivity index (χ1n) is 6.04. The van der Waals surface area contributed by atoms with Crippen LogP contribution in [0.2, 0.25) is 10.0 Å². The quantitative estimate of drug-likeness (QED) is 0.840. The number of benzene rings is 1. The molecule has 1 heterocycles. The van der Waals surface area contributed by atoms with Gasteiger partial charge in [0.1, 0.15) is 0 Å². The summed E-state index contributed by atoms with van der Waals surface area (Å²) in [6, 6.07) is 4.28. The Morgan fingerprint density at radius 2 is 2.00 bits per heavy atom. The fraction of sp³-hybridized carbons (Fsp3) is 0.308. The molecule has 1 fully saturated rings. The molecule has 1 aromatic heterocycles. The Balaban J connectivity index is 1.77. The molecule has 1 aliphatic carbocycles. The molecule has 3 rings (SSSR count). The van der Waals surface area contributed by atoms with Gasteiger partial charge in [-0.15, -0.1) is 0 Å². The van der Waals surface area contributed by atoms with Crippen LogP contribution in [0.1, 0.15) is 24.6 Å². The molecule has 0 spiro atoms. The zero-order chi connectivity index (χ0) is 13.4. The number of imidazole rings is 1. The van der Waals surface area contributed by atoms with Crippen molar-refractivity contribution in [3.8, 4) is 0 Å². The highest BCUT2D eigenvalue weighted by Crippen LogP contribution is 2.37. The second-order valence-electron chi connectivity index (χ2n) is 4.62. The van der Waals surface area contributed by atoms with Gasteiger partial charge in [0.05, 0.1) is 34.3 Å². The Morgan fingerprint density at radius 1 is 1.32 bits per heavy atom. The molecule has 19 heavy (non-hydrogen) atoms. The van der Waals surface area contributed by atoms with E-state index >= 15 is 0 Å². The molecular weight excluding hydrogens is 349 g/mol. The molecule has 1 aliphatic rings. The standard InChI is InChI=1S/C13H12BrCl2N3/c14-8-3-11(15)13(12(16)4-8)18-6-10-5-17-7-19(10)9-1-2-9/h3-5,7,9,18H,1-2,6H2. The van der Waals surface area contributed by atoms with E-state index in [0.29, 0.717) is 22.6 Å². The van der Waals surface area contributed by atoms with Gasteiger partial charge in [0.15, 0.2) is 0 Å². The van der Waals surface area contributed by atoms with E-state index in [4.69, 9.17) is 23.2 Å². The number of nitrogens with one attached hydrogen (secondary N) is 1. The first kappa shape index (κ1) is 13.3. The van der Waals surface area contributed by atoms with Crippen molar-refractivity contribution in [1.29, 1.82) is 0 Å². The van der Waals surface area contributed by atoms with Crippen LogP contribution in [0.3, 0.4) is 0 Å². The zero-order valence-electron chi connectivity index (χ0n) is 10.0. The summed E-state index contributed by atoms with van der Waals surface area (Å²) in [4.78, 5) is 4.20. The number of hydrogen-bond donors (Lipinski definition) is 1. The molecule has 0 amide bonds. The van der Waals surface area contributed by atoms with Crippen LogP contribution in [0, 0.1) is 0 Å². The van der Waals surface area contributed by atoms with Crippen molar-refractivity contribution in [3.63, 3.8) is 0 Å². The summed E-state index contributed by atoms with van der Waals surface area (Å²) in [6.07, 6.45) is 6.25. The molecule has 2 aromatic rings. The molecule has 0 atom stereocenters. The minimum Gasteiger partial charge on any atom is -0.377 e. The van der Waals surface area contributed by atoms with Gasteiger partial charge in [0.2, 0.25) is 0 Å². The van der Waals surface area contributed by atoms with Gasteiger partial charge in [-0.2, -0.15) is 0 Å². The summed E-state index contributed by atoms with van der Waals surface area (Å²) in [5, 5.41) is 4.50. The molecule has 3 nitrogen and oxygen atoms in total. The first-order valence-corrected chi connectivity index (χ1v) is 7.59. The lowest BCUT2D eigenvalue weighted by atomic mass is 10.3. The monoisotopic (exact) mass is 359 g/mol. The molecular formula is C13H12BrCl2N3. The summed E-state index contributed by atoms with van der Waals surface area (Å²) in [5.41, 5.74) is 1.91. The lowest BCUT2D eigenvalue weighted by Crippen LogP contribution is -2.06. The molecule has 0 bridgehead atoms. The number of nitrogens with zero attached hydrogens (tertiary/aromatic N) is 2. The molecule has 100 valence electrons. The third kappa shape index (κ3) is 2.91. The fourth-order valence-electron chi connectivity index (χ4n) is 2.04. The fourth-order valence-corrected chi connectivity index (χ4v) is 3.38. The largest absolute Gasteiger partial charge is 0.377 e. The highest BCUT2D eigenvalue weighted by atomic mass is 79.9. The Bertz CT molecular complexity index is 585. The van der Waals surface area contributed by atoms with Crippen molar-refractivity contribution in [2.75, 3.05) is 5.32 Å². The predicted molar refractivity (Wildman–Crippen MR) is 82.0 cm³/mol. The van der Waals surface area contributed by atoms with Crippen molar-refractivity contribution >= 4 is 44.8 Å². The van der Waals surface area contributed by atoms with Gasteiger partial charge in [-0.1, -0.05) is 39.1 Å². The maximum absolute atomic E-state index is 6.19. The van der Waals surface area contributed by atoms with Crippen molar-refractivity contribution in [2.24, 2.45) is 0 Å². The second kappa shape index (κ2) is 5.35. The topological polar surface area (TPSA) is 29.9 Å².